The number of hydrogen-bond acceptors (Lipinski definition) is 4. The fraction of sp³-hybridized carbons (Fsp3) is 0.200. The molecule has 3 aromatic carbocycles. The van der Waals surface area contributed by atoms with Crippen LogP contribution >= 0.6 is 0 Å². The van der Waals surface area contributed by atoms with E-state index in [0.29, 0.717) is 17.8 Å². The zero-order chi connectivity index (χ0) is 21.5. The minimum absolute atomic E-state index is 0.0395. The van der Waals surface area contributed by atoms with Crippen molar-refractivity contribution in [2.45, 2.75) is 19.5 Å². The smallest absolute Gasteiger partial charge is 0.246 e. The average Bonchev–Trinajstić information content (AvgIpc) is 2.75. The summed E-state index contributed by atoms with van der Waals surface area (Å²) in [7, 11) is 3.56. The van der Waals surface area contributed by atoms with Gasteiger partial charge in [-0.3, -0.25) is 14.5 Å². The lowest BCUT2D eigenvalue weighted by Crippen LogP contribution is -2.34. The first-order valence-corrected chi connectivity index (χ1v) is 9.78. The van der Waals surface area contributed by atoms with Crippen LogP contribution in [0, 0.1) is 0 Å². The van der Waals surface area contributed by atoms with Gasteiger partial charge in [0.2, 0.25) is 5.91 Å². The van der Waals surface area contributed by atoms with Gasteiger partial charge in [0.05, 0.1) is 7.11 Å². The summed E-state index contributed by atoms with van der Waals surface area (Å²) in [6.45, 7) is 2.10. The lowest BCUT2D eigenvalue weighted by Gasteiger charge is -2.28. The zero-order valence-corrected chi connectivity index (χ0v) is 17.5. The number of carbonyl (C=O) groups is 2. The number of rotatable bonds is 8. The molecule has 1 amide bonds. The third-order valence-electron chi connectivity index (χ3n) is 4.93. The second-order valence-corrected chi connectivity index (χ2v) is 7.20. The van der Waals surface area contributed by atoms with Gasteiger partial charge in [0.1, 0.15) is 11.8 Å². The topological polar surface area (TPSA) is 58.6 Å². The Morgan fingerprint density at radius 1 is 0.967 bits per heavy atom. The van der Waals surface area contributed by atoms with Crippen molar-refractivity contribution in [3.63, 3.8) is 0 Å². The van der Waals surface area contributed by atoms with Gasteiger partial charge in [-0.1, -0.05) is 54.6 Å². The number of ether oxygens (including phenoxy) is 1. The van der Waals surface area contributed by atoms with Gasteiger partial charge in [-0.15, -0.1) is 0 Å². The molecule has 0 radical (unpaired) electrons. The predicted octanol–water partition coefficient (Wildman–Crippen LogP) is 4.71. The van der Waals surface area contributed by atoms with Gasteiger partial charge in [-0.2, -0.15) is 0 Å². The van der Waals surface area contributed by atoms with Gasteiger partial charge in [-0.05, 0) is 49.4 Å². The molecule has 5 heteroatoms. The third-order valence-corrected chi connectivity index (χ3v) is 4.93. The summed E-state index contributed by atoms with van der Waals surface area (Å²) in [5.41, 5.74) is 3.14. The number of Topliss-reactive ketones (excluding diaryl/α,β-unsaturated/α-hetero) is 1. The molecule has 0 aliphatic carbocycles. The van der Waals surface area contributed by atoms with Crippen LogP contribution in [0.3, 0.4) is 0 Å². The van der Waals surface area contributed by atoms with Gasteiger partial charge >= 0.3 is 0 Å². The van der Waals surface area contributed by atoms with E-state index in [4.69, 9.17) is 4.74 Å². The van der Waals surface area contributed by atoms with E-state index in [9.17, 15) is 9.59 Å². The maximum absolute atomic E-state index is 13.3. The van der Waals surface area contributed by atoms with Crippen molar-refractivity contribution in [1.29, 1.82) is 0 Å². The van der Waals surface area contributed by atoms with Crippen LogP contribution in [-0.4, -0.2) is 30.7 Å². The molecule has 30 heavy (non-hydrogen) atoms. The Hall–Kier alpha value is -3.44. The average molecular weight is 402 g/mol. The molecule has 0 aliphatic rings. The Morgan fingerprint density at radius 2 is 1.67 bits per heavy atom. The highest BCUT2D eigenvalue weighted by molar-refractivity contribution is 5.98. The molecule has 1 N–H and O–H groups in total. The van der Waals surface area contributed by atoms with Gasteiger partial charge in [0.15, 0.2) is 5.78 Å². The normalized spacial score (nSPS) is 11.7. The lowest BCUT2D eigenvalue weighted by atomic mass is 10.0. The second kappa shape index (κ2) is 9.85. The molecule has 0 heterocycles. The van der Waals surface area contributed by atoms with E-state index in [0.717, 1.165) is 16.9 Å². The van der Waals surface area contributed by atoms with E-state index in [1.807, 2.05) is 66.5 Å². The molecular formula is C25H26N2O3. The highest BCUT2D eigenvalue weighted by Crippen LogP contribution is 2.24. The van der Waals surface area contributed by atoms with E-state index in [1.165, 1.54) is 6.92 Å². The van der Waals surface area contributed by atoms with E-state index in [2.05, 4.69) is 5.32 Å². The third kappa shape index (κ3) is 5.33. The number of likely N-dealkylation sites (N-methyl/N-ethyl adjacent to an activating group) is 1. The van der Waals surface area contributed by atoms with E-state index in [1.54, 1.807) is 31.4 Å². The summed E-state index contributed by atoms with van der Waals surface area (Å²) >= 11 is 0. The van der Waals surface area contributed by atoms with Crippen molar-refractivity contribution in [3.8, 4) is 5.75 Å². The number of hydrogen-bond donors (Lipinski definition) is 1. The SMILES string of the molecule is COc1ccc(CN(C)C(C(=O)Nc2cccc(C(C)=O)c2)c2ccccc2)cc1. The van der Waals surface area contributed by atoms with Crippen molar-refractivity contribution in [2.75, 3.05) is 19.5 Å². The Kier molecular flexibility index (Phi) is 6.99. The maximum atomic E-state index is 13.3. The van der Waals surface area contributed by atoms with E-state index < -0.39 is 6.04 Å². The van der Waals surface area contributed by atoms with E-state index in [-0.39, 0.29) is 11.7 Å². The summed E-state index contributed by atoms with van der Waals surface area (Å²) < 4.78 is 5.22. The molecule has 1 atom stereocenters. The number of amides is 1. The molecule has 0 fully saturated rings. The fourth-order valence-corrected chi connectivity index (χ4v) is 3.38. The predicted molar refractivity (Wildman–Crippen MR) is 119 cm³/mol. The minimum atomic E-state index is -0.491. The largest absolute Gasteiger partial charge is 0.497 e. The summed E-state index contributed by atoms with van der Waals surface area (Å²) in [5, 5.41) is 2.97. The van der Waals surface area contributed by atoms with Gasteiger partial charge in [0.25, 0.3) is 0 Å². The molecule has 3 aromatic rings. The Bertz CT molecular complexity index is 1000. The van der Waals surface area contributed by atoms with Gasteiger partial charge < -0.3 is 10.1 Å². The van der Waals surface area contributed by atoms with Crippen molar-refractivity contribution in [2.24, 2.45) is 0 Å². The van der Waals surface area contributed by atoms with Crippen LogP contribution in [0.4, 0.5) is 5.69 Å². The van der Waals surface area contributed by atoms with Crippen LogP contribution < -0.4 is 10.1 Å². The van der Waals surface area contributed by atoms with Crippen LogP contribution in [0.25, 0.3) is 0 Å². The van der Waals surface area contributed by atoms with Crippen LogP contribution in [0.1, 0.15) is 34.5 Å². The minimum Gasteiger partial charge on any atom is -0.497 e. The first kappa shape index (κ1) is 21.3. The number of nitrogens with one attached hydrogen (secondary N) is 1. The molecule has 1 unspecified atom stereocenters. The van der Waals surface area contributed by atoms with Crippen molar-refractivity contribution in [3.05, 3.63) is 95.6 Å². The Labute approximate surface area is 177 Å². The zero-order valence-electron chi connectivity index (χ0n) is 17.5. The number of benzene rings is 3. The van der Waals surface area contributed by atoms with Gasteiger partial charge in [-0.25, -0.2) is 0 Å². The fourth-order valence-electron chi connectivity index (χ4n) is 3.38. The standard InChI is InChI=1S/C25H26N2O3/c1-18(28)21-10-7-11-22(16-21)26-25(29)24(20-8-5-4-6-9-20)27(2)17-19-12-14-23(30-3)15-13-19/h4-16,24H,17H2,1-3H3,(H,26,29). The number of anilines is 1. The molecule has 0 saturated carbocycles. The van der Waals surface area contributed by atoms with Crippen LogP contribution in [-0.2, 0) is 11.3 Å². The summed E-state index contributed by atoms with van der Waals surface area (Å²) in [4.78, 5) is 26.9. The molecular weight excluding hydrogens is 376 g/mol. The number of carbonyl (C=O) groups excluding carboxylic acids is 2. The quantitative estimate of drug-likeness (QED) is 0.555. The first-order valence-electron chi connectivity index (χ1n) is 9.78. The van der Waals surface area contributed by atoms with E-state index >= 15 is 0 Å². The van der Waals surface area contributed by atoms with Crippen molar-refractivity contribution >= 4 is 17.4 Å². The second-order valence-electron chi connectivity index (χ2n) is 7.20. The lowest BCUT2D eigenvalue weighted by molar-refractivity contribution is -0.121. The Morgan fingerprint density at radius 3 is 2.30 bits per heavy atom. The molecule has 154 valence electrons. The summed E-state index contributed by atoms with van der Waals surface area (Å²) in [6, 6.07) is 24.0. The maximum Gasteiger partial charge on any atom is 0.246 e. The van der Waals surface area contributed by atoms with Crippen LogP contribution in [0.2, 0.25) is 0 Å². The molecule has 5 nitrogen and oxygen atoms in total. The Balaban J connectivity index is 1.83. The molecule has 0 spiro atoms. The molecule has 0 bridgehead atoms. The first-order chi connectivity index (χ1) is 14.5. The number of methoxy groups -OCH3 is 1. The van der Waals surface area contributed by atoms with Crippen molar-refractivity contribution < 1.29 is 14.3 Å². The van der Waals surface area contributed by atoms with Crippen molar-refractivity contribution in [1.82, 2.24) is 4.90 Å². The summed E-state index contributed by atoms with van der Waals surface area (Å²) in [6.07, 6.45) is 0. The highest BCUT2D eigenvalue weighted by atomic mass is 16.5. The molecule has 0 aliphatic heterocycles. The van der Waals surface area contributed by atoms with Crippen LogP contribution in [0.15, 0.2) is 78.9 Å². The molecule has 0 saturated heterocycles. The monoisotopic (exact) mass is 402 g/mol. The number of nitrogens with zero attached hydrogens (tertiary/aromatic N) is 1. The van der Waals surface area contributed by atoms with Gasteiger partial charge in [0, 0.05) is 17.8 Å². The summed E-state index contributed by atoms with van der Waals surface area (Å²) in [5.74, 6) is 0.601. The molecule has 0 aromatic heterocycles. The highest BCUT2D eigenvalue weighted by Gasteiger charge is 2.25. The molecule has 3 rings (SSSR count). The number of ketones is 1. The van der Waals surface area contributed by atoms with Crippen LogP contribution in [0.5, 0.6) is 5.75 Å².